The first kappa shape index (κ1) is 15.7. The molecule has 106 valence electrons. The molecule has 1 aromatic carbocycles. The van der Waals surface area contributed by atoms with Gasteiger partial charge in [-0.15, -0.1) is 0 Å². The molecule has 0 aliphatic rings. The van der Waals surface area contributed by atoms with Gasteiger partial charge >= 0.3 is 5.97 Å². The van der Waals surface area contributed by atoms with Gasteiger partial charge in [0, 0.05) is 13.6 Å². The highest BCUT2D eigenvalue weighted by Gasteiger charge is 2.22. The number of carboxylic acid groups (broad SMARTS) is 1. The summed E-state index contributed by atoms with van der Waals surface area (Å²) in [7, 11) is -2.01. The maximum Gasteiger partial charge on any atom is 0.335 e. The van der Waals surface area contributed by atoms with Crippen molar-refractivity contribution in [2.75, 3.05) is 13.6 Å². The molecular weight excluding hydrogens is 266 g/mol. The van der Waals surface area contributed by atoms with Crippen molar-refractivity contribution in [2.24, 2.45) is 5.92 Å². The maximum absolute atomic E-state index is 12.2. The summed E-state index contributed by atoms with van der Waals surface area (Å²) in [5.74, 6) is -0.796. The number of carbonyl (C=O) groups is 1. The first-order valence-electron chi connectivity index (χ1n) is 6.08. The Hall–Kier alpha value is -1.40. The monoisotopic (exact) mass is 285 g/mol. The average molecular weight is 285 g/mol. The highest BCUT2D eigenvalue weighted by Crippen LogP contribution is 2.17. The Bertz CT molecular complexity index is 536. The summed E-state index contributed by atoms with van der Waals surface area (Å²) in [6.45, 7) is 4.44. The van der Waals surface area contributed by atoms with Crippen LogP contribution in [0.5, 0.6) is 0 Å². The lowest BCUT2D eigenvalue weighted by molar-refractivity contribution is 0.0696. The lowest BCUT2D eigenvalue weighted by atomic mass is 10.1. The Morgan fingerprint density at radius 2 is 1.84 bits per heavy atom. The van der Waals surface area contributed by atoms with E-state index in [0.29, 0.717) is 6.54 Å². The number of sulfonamides is 1. The highest BCUT2D eigenvalue weighted by molar-refractivity contribution is 7.89. The Morgan fingerprint density at radius 1 is 1.32 bits per heavy atom. The fraction of sp³-hybridized carbons (Fsp3) is 0.462. The second kappa shape index (κ2) is 6.16. The van der Waals surface area contributed by atoms with Gasteiger partial charge in [0.25, 0.3) is 0 Å². The van der Waals surface area contributed by atoms with Crippen LogP contribution in [0.2, 0.25) is 0 Å². The number of hydrogen-bond acceptors (Lipinski definition) is 3. The van der Waals surface area contributed by atoms with Crippen LogP contribution in [-0.2, 0) is 10.0 Å². The van der Waals surface area contributed by atoms with E-state index in [-0.39, 0.29) is 16.4 Å². The van der Waals surface area contributed by atoms with Crippen molar-refractivity contribution >= 4 is 16.0 Å². The van der Waals surface area contributed by atoms with Gasteiger partial charge in [0.2, 0.25) is 10.0 Å². The molecule has 1 N–H and O–H groups in total. The molecule has 0 radical (unpaired) electrons. The number of benzene rings is 1. The van der Waals surface area contributed by atoms with E-state index < -0.39 is 16.0 Å². The zero-order valence-electron chi connectivity index (χ0n) is 11.3. The van der Waals surface area contributed by atoms with Crippen LogP contribution in [0.4, 0.5) is 0 Å². The number of carboxylic acids is 1. The van der Waals surface area contributed by atoms with E-state index in [1.165, 1.54) is 35.6 Å². The fourth-order valence-electron chi connectivity index (χ4n) is 1.62. The van der Waals surface area contributed by atoms with E-state index in [0.717, 1.165) is 6.42 Å². The molecule has 0 saturated carbocycles. The predicted molar refractivity (Wildman–Crippen MR) is 72.7 cm³/mol. The van der Waals surface area contributed by atoms with Gasteiger partial charge in [0.15, 0.2) is 0 Å². The van der Waals surface area contributed by atoms with E-state index in [4.69, 9.17) is 5.11 Å². The number of rotatable bonds is 6. The molecule has 0 saturated heterocycles. The van der Waals surface area contributed by atoms with E-state index in [1.807, 2.05) is 13.8 Å². The molecule has 6 heteroatoms. The van der Waals surface area contributed by atoms with Crippen LogP contribution in [0.1, 0.15) is 30.6 Å². The quantitative estimate of drug-likeness (QED) is 0.868. The topological polar surface area (TPSA) is 74.7 Å². The molecule has 0 aromatic heterocycles. The van der Waals surface area contributed by atoms with E-state index in [2.05, 4.69) is 0 Å². The molecule has 0 bridgehead atoms. The first-order valence-corrected chi connectivity index (χ1v) is 7.52. The van der Waals surface area contributed by atoms with Crippen molar-refractivity contribution in [3.8, 4) is 0 Å². The van der Waals surface area contributed by atoms with Gasteiger partial charge < -0.3 is 5.11 Å². The average Bonchev–Trinajstić information content (AvgIpc) is 2.38. The summed E-state index contributed by atoms with van der Waals surface area (Å²) in [6, 6.07) is 5.25. The molecule has 0 aliphatic heterocycles. The Morgan fingerprint density at radius 3 is 2.26 bits per heavy atom. The van der Waals surface area contributed by atoms with Crippen LogP contribution < -0.4 is 0 Å². The summed E-state index contributed by atoms with van der Waals surface area (Å²) in [5.41, 5.74) is 0.0727. The summed E-state index contributed by atoms with van der Waals surface area (Å²) in [5, 5.41) is 8.78. The highest BCUT2D eigenvalue weighted by atomic mass is 32.2. The van der Waals surface area contributed by atoms with Crippen molar-refractivity contribution in [3.05, 3.63) is 29.8 Å². The standard InChI is InChI=1S/C13H19NO4S/c1-4-10(2)9-14(3)19(17,18)12-7-5-11(6-8-12)13(15)16/h5-8,10H,4,9H2,1-3H3,(H,15,16). The molecule has 5 nitrogen and oxygen atoms in total. The first-order chi connectivity index (χ1) is 8.78. The summed E-state index contributed by atoms with van der Waals surface area (Å²) < 4.78 is 25.8. The maximum atomic E-state index is 12.2. The van der Waals surface area contributed by atoms with Crippen molar-refractivity contribution in [2.45, 2.75) is 25.2 Å². The molecular formula is C13H19NO4S. The van der Waals surface area contributed by atoms with Crippen LogP contribution in [0.3, 0.4) is 0 Å². The third-order valence-electron chi connectivity index (χ3n) is 3.08. The fourth-order valence-corrected chi connectivity index (χ4v) is 2.91. The number of hydrogen-bond donors (Lipinski definition) is 1. The van der Waals surface area contributed by atoms with Crippen molar-refractivity contribution in [1.29, 1.82) is 0 Å². The molecule has 1 unspecified atom stereocenters. The zero-order chi connectivity index (χ0) is 14.6. The molecule has 1 atom stereocenters. The van der Waals surface area contributed by atoms with Crippen LogP contribution in [0.15, 0.2) is 29.2 Å². The summed E-state index contributed by atoms with van der Waals surface area (Å²) >= 11 is 0. The summed E-state index contributed by atoms with van der Waals surface area (Å²) in [4.78, 5) is 10.8. The van der Waals surface area contributed by atoms with Gasteiger partial charge in [-0.3, -0.25) is 0 Å². The van der Waals surface area contributed by atoms with E-state index in [9.17, 15) is 13.2 Å². The largest absolute Gasteiger partial charge is 0.478 e. The predicted octanol–water partition coefficient (Wildman–Crippen LogP) is 2.05. The van der Waals surface area contributed by atoms with Gasteiger partial charge in [-0.05, 0) is 30.2 Å². The van der Waals surface area contributed by atoms with Gasteiger partial charge in [-0.1, -0.05) is 20.3 Å². The number of aromatic carboxylic acids is 1. The molecule has 0 spiro atoms. The molecule has 1 rings (SSSR count). The molecule has 0 heterocycles. The van der Waals surface area contributed by atoms with Crippen LogP contribution >= 0.6 is 0 Å². The van der Waals surface area contributed by atoms with E-state index >= 15 is 0 Å². The third-order valence-corrected chi connectivity index (χ3v) is 4.91. The van der Waals surface area contributed by atoms with Gasteiger partial charge in [0.1, 0.15) is 0 Å². The van der Waals surface area contributed by atoms with Gasteiger partial charge in [-0.2, -0.15) is 0 Å². The summed E-state index contributed by atoms with van der Waals surface area (Å²) in [6.07, 6.45) is 0.901. The van der Waals surface area contributed by atoms with Crippen molar-refractivity contribution in [3.63, 3.8) is 0 Å². The van der Waals surface area contributed by atoms with Crippen LogP contribution in [0.25, 0.3) is 0 Å². The zero-order valence-corrected chi connectivity index (χ0v) is 12.1. The van der Waals surface area contributed by atoms with Crippen LogP contribution in [-0.4, -0.2) is 37.4 Å². The minimum atomic E-state index is -3.55. The molecule has 19 heavy (non-hydrogen) atoms. The second-order valence-electron chi connectivity index (χ2n) is 4.63. The molecule has 1 aromatic rings. The Balaban J connectivity index is 2.96. The smallest absolute Gasteiger partial charge is 0.335 e. The Kier molecular flexibility index (Phi) is 5.08. The van der Waals surface area contributed by atoms with Gasteiger partial charge in [0.05, 0.1) is 10.5 Å². The SMILES string of the molecule is CCC(C)CN(C)S(=O)(=O)c1ccc(C(=O)O)cc1. The normalized spacial score (nSPS) is 13.5. The number of nitrogens with zero attached hydrogens (tertiary/aromatic N) is 1. The van der Waals surface area contributed by atoms with E-state index in [1.54, 1.807) is 0 Å². The van der Waals surface area contributed by atoms with Crippen LogP contribution in [0, 0.1) is 5.92 Å². The minimum absolute atomic E-state index is 0.0727. The molecule has 0 aliphatic carbocycles. The molecule has 0 amide bonds. The Labute approximate surface area is 113 Å². The minimum Gasteiger partial charge on any atom is -0.478 e. The lowest BCUT2D eigenvalue weighted by Crippen LogP contribution is -2.31. The third kappa shape index (κ3) is 3.78. The van der Waals surface area contributed by atoms with Crippen molar-refractivity contribution in [1.82, 2.24) is 4.31 Å². The van der Waals surface area contributed by atoms with Gasteiger partial charge in [-0.25, -0.2) is 17.5 Å². The second-order valence-corrected chi connectivity index (χ2v) is 6.67. The molecule has 0 fully saturated rings. The lowest BCUT2D eigenvalue weighted by Gasteiger charge is -2.20. The van der Waals surface area contributed by atoms with Crippen molar-refractivity contribution < 1.29 is 18.3 Å².